The molecule has 1 fully saturated rings. The lowest BCUT2D eigenvalue weighted by molar-refractivity contribution is -0.0493. The number of hydrogen-bond donors (Lipinski definition) is 3. The minimum atomic E-state index is -3.00. The summed E-state index contributed by atoms with van der Waals surface area (Å²) in [5, 5.41) is 7.76. The monoisotopic (exact) mass is 509 g/mol. The average molecular weight is 510 g/mol. The van der Waals surface area contributed by atoms with E-state index in [1.807, 2.05) is 13.1 Å². The second kappa shape index (κ2) is 10.4. The van der Waals surface area contributed by atoms with Crippen molar-refractivity contribution in [3.8, 4) is 5.75 Å². The van der Waals surface area contributed by atoms with Gasteiger partial charge in [-0.2, -0.15) is 13.8 Å². The van der Waals surface area contributed by atoms with E-state index in [1.54, 1.807) is 23.6 Å². The highest BCUT2D eigenvalue weighted by atomic mass is 35.5. The van der Waals surface area contributed by atoms with Gasteiger partial charge in [-0.05, 0) is 30.6 Å². The second-order valence-corrected chi connectivity index (χ2v) is 8.84. The SMILES string of the molecule is CN1CCN(c2ccc(Nc3ncc(Cl)c(Nc4ccsc4C(N)=O)n3)c(OC(F)F)c2)CC1. The van der Waals surface area contributed by atoms with Gasteiger partial charge in [-0.3, -0.25) is 4.79 Å². The molecule has 4 N–H and O–H groups in total. The first kappa shape index (κ1) is 23.9. The summed E-state index contributed by atoms with van der Waals surface area (Å²) in [5.41, 5.74) is 6.88. The van der Waals surface area contributed by atoms with Gasteiger partial charge in [0.2, 0.25) is 5.95 Å². The van der Waals surface area contributed by atoms with Gasteiger partial charge in [0.05, 0.1) is 17.6 Å². The van der Waals surface area contributed by atoms with Gasteiger partial charge in [0.15, 0.2) is 11.6 Å². The zero-order chi connectivity index (χ0) is 24.2. The lowest BCUT2D eigenvalue weighted by atomic mass is 10.2. The molecule has 1 amide bonds. The van der Waals surface area contributed by atoms with Crippen LogP contribution in [0.4, 0.5) is 37.6 Å². The Bertz CT molecular complexity index is 1170. The number of primary amides is 1. The fourth-order valence-electron chi connectivity index (χ4n) is 3.43. The largest absolute Gasteiger partial charge is 0.433 e. The Hall–Kier alpha value is -3.22. The number of rotatable bonds is 8. The molecule has 0 aliphatic carbocycles. The second-order valence-electron chi connectivity index (χ2n) is 7.52. The van der Waals surface area contributed by atoms with Crippen molar-refractivity contribution in [2.75, 3.05) is 48.8 Å². The van der Waals surface area contributed by atoms with E-state index in [2.05, 4.69) is 30.4 Å². The molecule has 3 aromatic rings. The Labute approximate surface area is 203 Å². The Morgan fingerprint density at radius 2 is 1.97 bits per heavy atom. The van der Waals surface area contributed by atoms with Crippen molar-refractivity contribution >= 4 is 57.7 Å². The van der Waals surface area contributed by atoms with Gasteiger partial charge in [0.1, 0.15) is 9.90 Å². The van der Waals surface area contributed by atoms with E-state index in [0.717, 1.165) is 31.9 Å². The van der Waals surface area contributed by atoms with E-state index in [4.69, 9.17) is 22.1 Å². The average Bonchev–Trinajstić information content (AvgIpc) is 3.26. The highest BCUT2D eigenvalue weighted by Gasteiger charge is 2.19. The number of carbonyl (C=O) groups excluding carboxylic acids is 1. The number of likely N-dealkylation sites (N-methyl/N-ethyl adjacent to an activating group) is 1. The fraction of sp³-hybridized carbons (Fsp3) is 0.286. The minimum absolute atomic E-state index is 0.0339. The van der Waals surface area contributed by atoms with Crippen LogP contribution in [0.15, 0.2) is 35.8 Å². The van der Waals surface area contributed by atoms with Crippen LogP contribution in [0.1, 0.15) is 9.67 Å². The molecule has 1 aromatic carbocycles. The van der Waals surface area contributed by atoms with Gasteiger partial charge in [0.25, 0.3) is 5.91 Å². The fourth-order valence-corrected chi connectivity index (χ4v) is 4.27. The molecule has 0 radical (unpaired) electrons. The van der Waals surface area contributed by atoms with Crippen LogP contribution in [-0.2, 0) is 0 Å². The molecule has 0 saturated carbocycles. The van der Waals surface area contributed by atoms with Crippen LogP contribution in [0.2, 0.25) is 5.02 Å². The van der Waals surface area contributed by atoms with Crippen LogP contribution in [0, 0.1) is 0 Å². The normalized spacial score (nSPS) is 14.3. The number of piperazine rings is 1. The number of hydrogen-bond acceptors (Lipinski definition) is 9. The van der Waals surface area contributed by atoms with Crippen LogP contribution in [0.5, 0.6) is 5.75 Å². The van der Waals surface area contributed by atoms with E-state index in [9.17, 15) is 13.6 Å². The van der Waals surface area contributed by atoms with Crippen molar-refractivity contribution in [2.24, 2.45) is 5.73 Å². The number of amides is 1. The van der Waals surface area contributed by atoms with Gasteiger partial charge in [0, 0.05) is 37.9 Å². The maximum Gasteiger partial charge on any atom is 0.387 e. The van der Waals surface area contributed by atoms with Crippen molar-refractivity contribution in [3.05, 3.63) is 45.7 Å². The molecule has 180 valence electrons. The Morgan fingerprint density at radius 3 is 2.68 bits per heavy atom. The maximum atomic E-state index is 13.1. The summed E-state index contributed by atoms with van der Waals surface area (Å²) >= 11 is 7.38. The molecule has 3 heterocycles. The van der Waals surface area contributed by atoms with Crippen molar-refractivity contribution in [2.45, 2.75) is 6.61 Å². The van der Waals surface area contributed by atoms with Crippen LogP contribution in [-0.4, -0.2) is 60.6 Å². The molecular formula is C21H22ClF2N7O2S. The standard InChI is InChI=1S/C21H22ClF2N7O2S/c1-30-5-7-31(8-6-30)12-2-3-14(16(10-12)33-20(23)24)28-21-26-11-13(22)19(29-21)27-15-4-9-34-17(15)18(25)32/h2-4,9-11,20H,5-8H2,1H3,(H2,25,32)(H2,26,27,28,29). The summed E-state index contributed by atoms with van der Waals surface area (Å²) in [7, 11) is 2.04. The number of alkyl halides is 2. The van der Waals surface area contributed by atoms with Crippen LogP contribution in [0.3, 0.4) is 0 Å². The number of nitrogens with zero attached hydrogens (tertiary/aromatic N) is 4. The first-order valence-electron chi connectivity index (χ1n) is 10.3. The van der Waals surface area contributed by atoms with E-state index in [0.29, 0.717) is 10.6 Å². The number of benzene rings is 1. The molecule has 13 heteroatoms. The first-order chi connectivity index (χ1) is 16.3. The quantitative estimate of drug-likeness (QED) is 0.416. The third-order valence-corrected chi connectivity index (χ3v) is 6.39. The molecule has 4 rings (SSSR count). The molecule has 0 spiro atoms. The molecule has 1 saturated heterocycles. The lowest BCUT2D eigenvalue weighted by Crippen LogP contribution is -2.44. The predicted molar refractivity (Wildman–Crippen MR) is 129 cm³/mol. The number of halogens is 3. The summed E-state index contributed by atoms with van der Waals surface area (Å²) in [4.78, 5) is 24.6. The molecule has 0 bridgehead atoms. The predicted octanol–water partition coefficient (Wildman–Crippen LogP) is 4.13. The van der Waals surface area contributed by atoms with E-state index in [-0.39, 0.29) is 28.2 Å². The topological polar surface area (TPSA) is 109 Å². The highest BCUT2D eigenvalue weighted by Crippen LogP contribution is 2.34. The summed E-state index contributed by atoms with van der Waals surface area (Å²) < 4.78 is 31.0. The number of anilines is 5. The molecule has 1 aliphatic rings. The molecule has 2 aromatic heterocycles. The zero-order valence-electron chi connectivity index (χ0n) is 18.1. The number of carbonyl (C=O) groups is 1. The van der Waals surface area contributed by atoms with Gasteiger partial charge < -0.3 is 30.9 Å². The smallest absolute Gasteiger partial charge is 0.387 e. The number of nitrogens with two attached hydrogens (primary N) is 1. The number of ether oxygens (including phenoxy) is 1. The Morgan fingerprint density at radius 1 is 1.21 bits per heavy atom. The van der Waals surface area contributed by atoms with Crippen LogP contribution >= 0.6 is 22.9 Å². The van der Waals surface area contributed by atoms with Crippen molar-refractivity contribution in [1.82, 2.24) is 14.9 Å². The van der Waals surface area contributed by atoms with Crippen molar-refractivity contribution in [1.29, 1.82) is 0 Å². The van der Waals surface area contributed by atoms with Crippen molar-refractivity contribution in [3.63, 3.8) is 0 Å². The van der Waals surface area contributed by atoms with E-state index >= 15 is 0 Å². The highest BCUT2D eigenvalue weighted by molar-refractivity contribution is 7.12. The minimum Gasteiger partial charge on any atom is -0.433 e. The summed E-state index contributed by atoms with van der Waals surface area (Å²) in [6.45, 7) is 0.310. The molecule has 9 nitrogen and oxygen atoms in total. The Kier molecular flexibility index (Phi) is 7.29. The summed E-state index contributed by atoms with van der Waals surface area (Å²) in [6.07, 6.45) is 1.35. The number of nitrogens with one attached hydrogen (secondary N) is 2. The summed E-state index contributed by atoms with van der Waals surface area (Å²) in [5.74, 6) is -0.316. The number of thiophene rings is 1. The van der Waals surface area contributed by atoms with E-state index < -0.39 is 12.5 Å². The summed E-state index contributed by atoms with van der Waals surface area (Å²) in [6, 6.07) is 6.70. The Balaban J connectivity index is 1.58. The molecule has 0 unspecified atom stereocenters. The van der Waals surface area contributed by atoms with Gasteiger partial charge >= 0.3 is 6.61 Å². The van der Waals surface area contributed by atoms with Crippen molar-refractivity contribution < 1.29 is 18.3 Å². The first-order valence-corrected chi connectivity index (χ1v) is 11.5. The van der Waals surface area contributed by atoms with Gasteiger partial charge in [-0.15, -0.1) is 11.3 Å². The maximum absolute atomic E-state index is 13.1. The molecule has 0 atom stereocenters. The number of aromatic nitrogens is 2. The van der Waals surface area contributed by atoms with Crippen LogP contribution < -0.4 is 26.0 Å². The third-order valence-electron chi connectivity index (χ3n) is 5.18. The molecular weight excluding hydrogens is 488 g/mol. The van der Waals surface area contributed by atoms with Crippen LogP contribution in [0.25, 0.3) is 0 Å². The third kappa shape index (κ3) is 5.64. The zero-order valence-corrected chi connectivity index (χ0v) is 19.7. The van der Waals surface area contributed by atoms with E-state index in [1.165, 1.54) is 17.5 Å². The lowest BCUT2D eigenvalue weighted by Gasteiger charge is -2.34. The molecule has 34 heavy (non-hydrogen) atoms. The molecule has 1 aliphatic heterocycles. The van der Waals surface area contributed by atoms with Gasteiger partial charge in [-0.1, -0.05) is 11.6 Å². The van der Waals surface area contributed by atoms with Gasteiger partial charge in [-0.25, -0.2) is 4.98 Å².